The minimum atomic E-state index is -6.28. The molecule has 8 nitrogen and oxygen atoms in total. The first-order chi connectivity index (χ1) is 30.7. The molecule has 360 valence electrons. The zero-order valence-corrected chi connectivity index (χ0v) is 42.6. The van der Waals surface area contributed by atoms with E-state index in [2.05, 4.69) is 12.7 Å². The molecule has 2 aliphatic rings. The van der Waals surface area contributed by atoms with Crippen molar-refractivity contribution in [3.05, 3.63) is 109 Å². The van der Waals surface area contributed by atoms with Gasteiger partial charge in [-0.15, -0.1) is 6.58 Å². The van der Waals surface area contributed by atoms with Crippen molar-refractivity contribution in [3.8, 4) is 0 Å². The molecule has 0 aromatic heterocycles. The fourth-order valence-corrected chi connectivity index (χ4v) is 18.8. The Morgan fingerprint density at radius 2 is 1.40 bits per heavy atom. The second-order valence-corrected chi connectivity index (χ2v) is 29.2. The third-order valence-electron chi connectivity index (χ3n) is 14.0. The van der Waals surface area contributed by atoms with E-state index in [0.717, 1.165) is 29.6 Å². The summed E-state index contributed by atoms with van der Waals surface area (Å²) in [5.41, 5.74) is -7.43. The summed E-state index contributed by atoms with van der Waals surface area (Å²) in [6.45, 7) is 20.0. The lowest BCUT2D eigenvalue weighted by Gasteiger charge is -2.43. The van der Waals surface area contributed by atoms with Gasteiger partial charge in [-0.1, -0.05) is 145 Å². The van der Waals surface area contributed by atoms with Gasteiger partial charge in [0.2, 0.25) is 0 Å². The van der Waals surface area contributed by atoms with Crippen LogP contribution in [0.4, 0.5) is 13.2 Å². The van der Waals surface area contributed by atoms with Gasteiger partial charge in [-0.05, 0) is 91.3 Å². The predicted octanol–water partition coefficient (Wildman–Crippen LogP) is 11.3. The van der Waals surface area contributed by atoms with Gasteiger partial charge in [-0.2, -0.15) is 21.6 Å². The number of aliphatic hydroxyl groups is 1. The summed E-state index contributed by atoms with van der Waals surface area (Å²) in [6.07, 6.45) is 11.6. The SMILES string of the molecule is C=C[C@]1(O[Si](CC)(CC)CC)[C@@H]2C(=O)/C(=C(/CCO[Si](c3ccccc3)(c3ccccc3)C(C)(C)C)OS(=O)(=O)C(F)(F)F)[C@H]1[C@H](CCCCC/C=C/C)[C@H]2C[C@@H](O)C(=O)CC/C=C/C. The Bertz CT molecular complexity index is 2050. The number of benzene rings is 2. The van der Waals surface area contributed by atoms with Crippen LogP contribution in [0.1, 0.15) is 113 Å². The fraction of sp³-hybridized carbons (Fsp3) is 0.569. The van der Waals surface area contributed by atoms with Crippen molar-refractivity contribution in [2.24, 2.45) is 23.7 Å². The standard InChI is InChI=1S/C51H73F3O8SSi2/c1-10-16-18-19-20-28-33-40-41(37-43(56)42(55)34-23-17-11-2)47-48(57)45(46(40)50(47,12-3)62-64(13-4,14-5)15-6)44(61-63(58,59)51(52,53)54)35-36-60-65(49(7,8)9,38-29-24-21-25-30-38)39-31-26-22-27-32-39/h10-12,16-17,21-22,24-27,29-32,40-41,43,46-47,56H,3,13-15,18-20,23,28,33-37H2,1-2,4-9H3/b16-10+,17-11+,45-44-/t40-,41-,43-,46-,47+,50-/m1/s1. The number of aliphatic hydroxyl groups excluding tert-OH is 1. The zero-order chi connectivity index (χ0) is 48.3. The van der Waals surface area contributed by atoms with Crippen LogP contribution in [0.2, 0.25) is 23.2 Å². The van der Waals surface area contributed by atoms with E-state index in [4.69, 9.17) is 13.0 Å². The van der Waals surface area contributed by atoms with Crippen molar-refractivity contribution >= 4 is 48.7 Å². The van der Waals surface area contributed by atoms with Crippen LogP contribution in [0.5, 0.6) is 0 Å². The second-order valence-electron chi connectivity index (χ2n) is 18.7. The third-order valence-corrected chi connectivity index (χ3v) is 24.7. The Balaban J connectivity index is 2.00. The van der Waals surface area contributed by atoms with Crippen LogP contribution in [0.3, 0.4) is 0 Å². The molecule has 2 saturated carbocycles. The van der Waals surface area contributed by atoms with Gasteiger partial charge in [0.25, 0.3) is 8.32 Å². The maximum absolute atomic E-state index is 15.5. The van der Waals surface area contributed by atoms with Crippen molar-refractivity contribution in [2.45, 2.75) is 154 Å². The molecule has 1 N–H and O–H groups in total. The van der Waals surface area contributed by atoms with E-state index < -0.39 is 90.6 Å². The van der Waals surface area contributed by atoms with E-state index in [9.17, 15) is 31.5 Å². The van der Waals surface area contributed by atoms with Crippen LogP contribution >= 0.6 is 0 Å². The number of halogens is 3. The molecule has 0 spiro atoms. The lowest BCUT2D eigenvalue weighted by molar-refractivity contribution is -0.130. The van der Waals surface area contributed by atoms with Gasteiger partial charge < -0.3 is 18.1 Å². The number of unbranched alkanes of at least 4 members (excludes halogenated alkanes) is 3. The van der Waals surface area contributed by atoms with Crippen LogP contribution in [-0.2, 0) is 32.7 Å². The summed E-state index contributed by atoms with van der Waals surface area (Å²) < 4.78 is 89.6. The summed E-state index contributed by atoms with van der Waals surface area (Å²) in [4.78, 5) is 28.9. The maximum atomic E-state index is 15.5. The molecule has 6 atom stereocenters. The number of alkyl halides is 3. The van der Waals surface area contributed by atoms with Gasteiger partial charge in [-0.25, -0.2) is 0 Å². The Morgan fingerprint density at radius 3 is 1.89 bits per heavy atom. The quantitative estimate of drug-likeness (QED) is 0.0188. The van der Waals surface area contributed by atoms with Crippen LogP contribution in [0.15, 0.2) is 109 Å². The van der Waals surface area contributed by atoms with E-state index >= 15 is 4.79 Å². The molecule has 65 heavy (non-hydrogen) atoms. The maximum Gasteiger partial charge on any atom is 0.534 e. The first-order valence-electron chi connectivity index (χ1n) is 23.5. The highest BCUT2D eigenvalue weighted by molar-refractivity contribution is 7.87. The van der Waals surface area contributed by atoms with Crippen molar-refractivity contribution < 1.29 is 49.3 Å². The molecular weight excluding hydrogens is 886 g/mol. The van der Waals surface area contributed by atoms with Crippen LogP contribution in [0, 0.1) is 23.7 Å². The molecule has 2 fully saturated rings. The molecule has 2 aromatic carbocycles. The average Bonchev–Trinajstić information content (AvgIpc) is 3.66. The monoisotopic (exact) mass is 958 g/mol. The minimum absolute atomic E-state index is 0.0655. The van der Waals surface area contributed by atoms with Gasteiger partial charge in [-0.3, -0.25) is 9.59 Å². The topological polar surface area (TPSA) is 116 Å². The number of carbonyl (C=O) groups excluding carboxylic acids is 2. The van der Waals surface area contributed by atoms with Crippen molar-refractivity contribution in [1.82, 2.24) is 0 Å². The summed E-state index contributed by atoms with van der Waals surface area (Å²) >= 11 is 0. The molecular formula is C51H73F3O8SSi2. The van der Waals surface area contributed by atoms with Gasteiger partial charge in [0.15, 0.2) is 19.9 Å². The number of rotatable bonds is 26. The van der Waals surface area contributed by atoms with Crippen LogP contribution < -0.4 is 10.4 Å². The lowest BCUT2D eigenvalue weighted by atomic mass is 9.71. The lowest BCUT2D eigenvalue weighted by Crippen LogP contribution is -2.66. The number of Topliss-reactive ketones (excluding diaryl/α,β-unsaturated/α-hetero) is 2. The van der Waals surface area contributed by atoms with Crippen molar-refractivity contribution in [1.29, 1.82) is 0 Å². The van der Waals surface area contributed by atoms with Crippen LogP contribution in [0.25, 0.3) is 0 Å². The van der Waals surface area contributed by atoms with E-state index in [-0.39, 0.29) is 30.8 Å². The first-order valence-corrected chi connectivity index (χ1v) is 29.4. The van der Waals surface area contributed by atoms with Crippen molar-refractivity contribution in [2.75, 3.05) is 6.61 Å². The first kappa shape index (κ1) is 54.2. The molecule has 0 radical (unpaired) electrons. The van der Waals surface area contributed by atoms with E-state index in [1.165, 1.54) is 0 Å². The fourth-order valence-electron chi connectivity index (χ4n) is 10.7. The van der Waals surface area contributed by atoms with Crippen molar-refractivity contribution in [3.63, 3.8) is 0 Å². The Hall–Kier alpha value is -3.41. The Labute approximate surface area is 389 Å². The molecule has 0 unspecified atom stereocenters. The normalized spacial score (nSPS) is 23.1. The number of hydrogen-bond acceptors (Lipinski definition) is 8. The predicted molar refractivity (Wildman–Crippen MR) is 259 cm³/mol. The summed E-state index contributed by atoms with van der Waals surface area (Å²) in [6, 6.07) is 21.3. The molecule has 2 aliphatic carbocycles. The largest absolute Gasteiger partial charge is 0.534 e. The summed E-state index contributed by atoms with van der Waals surface area (Å²) in [5, 5.41) is 12.8. The Kier molecular flexibility index (Phi) is 19.2. The molecule has 0 amide bonds. The van der Waals surface area contributed by atoms with Gasteiger partial charge in [0, 0.05) is 30.9 Å². The smallest absolute Gasteiger partial charge is 0.407 e. The molecule has 14 heteroatoms. The number of allylic oxidation sites excluding steroid dienone is 4. The van der Waals surface area contributed by atoms with E-state index in [1.54, 1.807) is 6.08 Å². The number of hydrogen-bond donors (Lipinski definition) is 1. The zero-order valence-electron chi connectivity index (χ0n) is 39.8. The third kappa shape index (κ3) is 11.7. The van der Waals surface area contributed by atoms with E-state index in [1.807, 2.05) is 134 Å². The average molecular weight is 959 g/mol. The highest BCUT2D eigenvalue weighted by Crippen LogP contribution is 2.65. The van der Waals surface area contributed by atoms with Crippen LogP contribution in [-0.4, -0.2) is 65.5 Å². The number of ketones is 2. The summed E-state index contributed by atoms with van der Waals surface area (Å²) in [5.74, 6) is -4.79. The Morgan fingerprint density at radius 1 is 0.846 bits per heavy atom. The molecule has 2 aromatic rings. The minimum Gasteiger partial charge on any atom is -0.407 e. The highest BCUT2D eigenvalue weighted by atomic mass is 32.2. The number of carbonyl (C=O) groups is 2. The summed E-state index contributed by atoms with van der Waals surface area (Å²) in [7, 11) is -12.3. The second kappa shape index (κ2) is 23.1. The molecule has 4 rings (SSSR count). The molecule has 0 heterocycles. The van der Waals surface area contributed by atoms with Gasteiger partial charge in [0.1, 0.15) is 11.9 Å². The molecule has 0 aliphatic heterocycles. The van der Waals surface area contributed by atoms with E-state index in [0.29, 0.717) is 37.4 Å². The molecule has 2 bridgehead atoms. The number of fused-ring (bicyclic) bond motifs is 2. The van der Waals surface area contributed by atoms with Gasteiger partial charge >= 0.3 is 15.6 Å². The van der Waals surface area contributed by atoms with Gasteiger partial charge in [0.05, 0.1) is 11.5 Å². The molecule has 0 saturated heterocycles. The highest BCUT2D eigenvalue weighted by Gasteiger charge is 2.71.